The Morgan fingerprint density at radius 1 is 1.04 bits per heavy atom. The van der Waals surface area contributed by atoms with E-state index in [1.807, 2.05) is 41.1 Å². The van der Waals surface area contributed by atoms with Crippen LogP contribution in [-0.4, -0.2) is 24.5 Å². The summed E-state index contributed by atoms with van der Waals surface area (Å²) < 4.78 is 25.0. The molecule has 23 heavy (non-hydrogen) atoms. The minimum Gasteiger partial charge on any atom is -0.233 e. The third kappa shape index (κ3) is 3.38. The molecule has 0 bridgehead atoms. The first kappa shape index (κ1) is 16.0. The van der Waals surface area contributed by atoms with Crippen molar-refractivity contribution >= 4 is 25.8 Å². The van der Waals surface area contributed by atoms with Gasteiger partial charge in [-0.15, -0.1) is 0 Å². The zero-order valence-electron chi connectivity index (χ0n) is 12.5. The van der Waals surface area contributed by atoms with Gasteiger partial charge in [0.15, 0.2) is 9.84 Å². The molecule has 0 saturated carbocycles. The molecule has 0 N–H and O–H groups in total. The SMILES string of the molecule is CS(=O)(=O)c1ccc(-n2nc(CBr)cc2-c2ccccc2)cc1. The highest BCUT2D eigenvalue weighted by atomic mass is 79.9. The van der Waals surface area contributed by atoms with E-state index in [0.29, 0.717) is 10.2 Å². The van der Waals surface area contributed by atoms with Crippen molar-refractivity contribution in [2.75, 3.05) is 6.26 Å². The maximum atomic E-state index is 11.6. The molecule has 0 atom stereocenters. The molecule has 6 heteroatoms. The predicted molar refractivity (Wildman–Crippen MR) is 94.7 cm³/mol. The van der Waals surface area contributed by atoms with Crippen LogP contribution in [0, 0.1) is 0 Å². The van der Waals surface area contributed by atoms with Gasteiger partial charge in [0.25, 0.3) is 0 Å². The van der Waals surface area contributed by atoms with Gasteiger partial charge in [0.1, 0.15) is 0 Å². The Hall–Kier alpha value is -1.92. The van der Waals surface area contributed by atoms with Crippen molar-refractivity contribution in [3.63, 3.8) is 0 Å². The lowest BCUT2D eigenvalue weighted by atomic mass is 10.1. The topological polar surface area (TPSA) is 52.0 Å². The summed E-state index contributed by atoms with van der Waals surface area (Å²) in [7, 11) is -3.20. The molecular formula is C17H15BrN2O2S. The van der Waals surface area contributed by atoms with Crippen molar-refractivity contribution in [2.45, 2.75) is 10.2 Å². The lowest BCUT2D eigenvalue weighted by Gasteiger charge is -2.08. The Balaban J connectivity index is 2.11. The van der Waals surface area contributed by atoms with E-state index < -0.39 is 9.84 Å². The summed E-state index contributed by atoms with van der Waals surface area (Å²) in [6.45, 7) is 0. The zero-order valence-corrected chi connectivity index (χ0v) is 14.9. The molecule has 0 spiro atoms. The van der Waals surface area contributed by atoms with Gasteiger partial charge in [0, 0.05) is 17.1 Å². The smallest absolute Gasteiger partial charge is 0.175 e. The molecule has 118 valence electrons. The normalized spacial score (nSPS) is 11.6. The Bertz CT molecular complexity index is 917. The van der Waals surface area contributed by atoms with Crippen molar-refractivity contribution in [3.8, 4) is 16.9 Å². The van der Waals surface area contributed by atoms with Crippen LogP contribution in [0.5, 0.6) is 0 Å². The van der Waals surface area contributed by atoms with E-state index in [1.54, 1.807) is 24.3 Å². The summed E-state index contributed by atoms with van der Waals surface area (Å²) >= 11 is 3.43. The number of aromatic nitrogens is 2. The molecule has 4 nitrogen and oxygen atoms in total. The number of rotatable bonds is 4. The maximum Gasteiger partial charge on any atom is 0.175 e. The van der Waals surface area contributed by atoms with Gasteiger partial charge in [-0.1, -0.05) is 46.3 Å². The van der Waals surface area contributed by atoms with Crippen LogP contribution in [0.2, 0.25) is 0 Å². The van der Waals surface area contributed by atoms with Crippen molar-refractivity contribution in [1.82, 2.24) is 9.78 Å². The van der Waals surface area contributed by atoms with E-state index in [4.69, 9.17) is 0 Å². The fourth-order valence-corrected chi connectivity index (χ4v) is 3.25. The van der Waals surface area contributed by atoms with Gasteiger partial charge in [-0.25, -0.2) is 13.1 Å². The number of hydrogen-bond donors (Lipinski definition) is 0. The standard InChI is InChI=1S/C17H15BrN2O2S/c1-23(21,22)16-9-7-15(8-10-16)20-17(11-14(12-18)19-20)13-5-3-2-4-6-13/h2-11H,12H2,1H3. The van der Waals surface area contributed by atoms with Gasteiger partial charge in [-0.3, -0.25) is 0 Å². The Labute approximate surface area is 143 Å². The minimum absolute atomic E-state index is 0.301. The summed E-state index contributed by atoms with van der Waals surface area (Å²) in [6.07, 6.45) is 1.20. The Morgan fingerprint density at radius 2 is 1.70 bits per heavy atom. The molecule has 2 aromatic carbocycles. The van der Waals surface area contributed by atoms with Gasteiger partial charge in [-0.05, 0) is 30.3 Å². The van der Waals surface area contributed by atoms with Crippen LogP contribution in [0.1, 0.15) is 5.69 Å². The predicted octanol–water partition coefficient (Wildman–Crippen LogP) is 3.84. The number of halogens is 1. The third-order valence-electron chi connectivity index (χ3n) is 3.48. The van der Waals surface area contributed by atoms with E-state index in [0.717, 1.165) is 22.6 Å². The molecule has 0 aliphatic carbocycles. The van der Waals surface area contributed by atoms with E-state index in [-0.39, 0.29) is 0 Å². The fourth-order valence-electron chi connectivity index (χ4n) is 2.34. The minimum atomic E-state index is -3.20. The van der Waals surface area contributed by atoms with Crippen molar-refractivity contribution in [3.05, 3.63) is 66.4 Å². The molecule has 0 unspecified atom stereocenters. The van der Waals surface area contributed by atoms with E-state index in [1.165, 1.54) is 6.26 Å². The van der Waals surface area contributed by atoms with Crippen LogP contribution in [0.4, 0.5) is 0 Å². The number of sulfone groups is 1. The zero-order chi connectivity index (χ0) is 16.4. The summed E-state index contributed by atoms with van der Waals surface area (Å²) in [5.41, 5.74) is 3.76. The first-order valence-corrected chi connectivity index (χ1v) is 10.0. The second kappa shape index (κ2) is 6.29. The lowest BCUT2D eigenvalue weighted by molar-refractivity contribution is 0.602. The fraction of sp³-hybridized carbons (Fsp3) is 0.118. The van der Waals surface area contributed by atoms with Crippen molar-refractivity contribution < 1.29 is 8.42 Å². The summed E-state index contributed by atoms with van der Waals surface area (Å²) in [5, 5.41) is 5.24. The first-order valence-electron chi connectivity index (χ1n) is 7.00. The first-order chi connectivity index (χ1) is 11.0. The number of benzene rings is 2. The highest BCUT2D eigenvalue weighted by Crippen LogP contribution is 2.25. The molecule has 1 aromatic heterocycles. The maximum absolute atomic E-state index is 11.6. The quantitative estimate of drug-likeness (QED) is 0.635. The largest absolute Gasteiger partial charge is 0.233 e. The van der Waals surface area contributed by atoms with Crippen LogP contribution >= 0.6 is 15.9 Å². The van der Waals surface area contributed by atoms with Crippen LogP contribution < -0.4 is 0 Å². The summed E-state index contributed by atoms with van der Waals surface area (Å²) in [5.74, 6) is 0. The van der Waals surface area contributed by atoms with E-state index >= 15 is 0 Å². The van der Waals surface area contributed by atoms with Crippen molar-refractivity contribution in [1.29, 1.82) is 0 Å². The molecule has 0 aliphatic heterocycles. The third-order valence-corrected chi connectivity index (χ3v) is 5.18. The van der Waals surface area contributed by atoms with Gasteiger partial charge < -0.3 is 0 Å². The van der Waals surface area contributed by atoms with Gasteiger partial charge in [0.2, 0.25) is 0 Å². The average Bonchev–Trinajstić information content (AvgIpc) is 2.99. The number of hydrogen-bond acceptors (Lipinski definition) is 3. The Kier molecular flexibility index (Phi) is 4.37. The number of nitrogens with zero attached hydrogens (tertiary/aromatic N) is 2. The second-order valence-corrected chi connectivity index (χ2v) is 7.77. The lowest BCUT2D eigenvalue weighted by Crippen LogP contribution is -2.01. The highest BCUT2D eigenvalue weighted by molar-refractivity contribution is 9.08. The summed E-state index contributed by atoms with van der Waals surface area (Å²) in [4.78, 5) is 0.301. The summed E-state index contributed by atoms with van der Waals surface area (Å²) in [6, 6.07) is 18.8. The van der Waals surface area contributed by atoms with Crippen LogP contribution in [-0.2, 0) is 15.2 Å². The molecule has 1 heterocycles. The molecule has 0 saturated heterocycles. The molecule has 3 aromatic rings. The molecule has 0 amide bonds. The van der Waals surface area contributed by atoms with Gasteiger partial charge >= 0.3 is 0 Å². The van der Waals surface area contributed by atoms with E-state index in [2.05, 4.69) is 21.0 Å². The van der Waals surface area contributed by atoms with Crippen LogP contribution in [0.3, 0.4) is 0 Å². The highest BCUT2D eigenvalue weighted by Gasteiger charge is 2.12. The van der Waals surface area contributed by atoms with Gasteiger partial charge in [0.05, 0.1) is 22.0 Å². The van der Waals surface area contributed by atoms with Gasteiger partial charge in [-0.2, -0.15) is 5.10 Å². The molecule has 3 rings (SSSR count). The monoisotopic (exact) mass is 390 g/mol. The van der Waals surface area contributed by atoms with E-state index in [9.17, 15) is 8.42 Å². The number of alkyl halides is 1. The van der Waals surface area contributed by atoms with Crippen molar-refractivity contribution in [2.24, 2.45) is 0 Å². The average molecular weight is 391 g/mol. The molecule has 0 aliphatic rings. The molecular weight excluding hydrogens is 376 g/mol. The van der Waals surface area contributed by atoms with Crippen LogP contribution in [0.15, 0.2) is 65.6 Å². The second-order valence-electron chi connectivity index (χ2n) is 5.20. The molecule has 0 radical (unpaired) electrons. The van der Waals surface area contributed by atoms with Crippen LogP contribution in [0.25, 0.3) is 16.9 Å². The Morgan fingerprint density at radius 3 is 2.26 bits per heavy atom. The molecule has 0 fully saturated rings.